The Hall–Kier alpha value is -3.07. The minimum atomic E-state index is -4.12. The third-order valence-electron chi connectivity index (χ3n) is 6.30. The van der Waals surface area contributed by atoms with Crippen LogP contribution in [0.3, 0.4) is 0 Å². The van der Waals surface area contributed by atoms with Crippen LogP contribution in [0.15, 0.2) is 71.6 Å². The van der Waals surface area contributed by atoms with E-state index in [1.807, 2.05) is 26.0 Å². The van der Waals surface area contributed by atoms with E-state index in [1.165, 1.54) is 17.0 Å². The molecule has 0 heterocycles. The monoisotopic (exact) mass is 589 g/mol. The molecule has 208 valence electrons. The first-order valence-corrected chi connectivity index (χ1v) is 14.8. The number of rotatable bonds is 11. The predicted molar refractivity (Wildman–Crippen MR) is 157 cm³/mol. The fraction of sp³-hybridized carbons (Fsp3) is 0.310. The van der Waals surface area contributed by atoms with Gasteiger partial charge in [-0.3, -0.25) is 13.9 Å². The van der Waals surface area contributed by atoms with Crippen LogP contribution < -0.4 is 9.62 Å². The van der Waals surface area contributed by atoms with Gasteiger partial charge in [0.2, 0.25) is 11.8 Å². The van der Waals surface area contributed by atoms with Crippen molar-refractivity contribution in [2.75, 3.05) is 17.4 Å². The van der Waals surface area contributed by atoms with Gasteiger partial charge in [0, 0.05) is 13.1 Å². The zero-order valence-corrected chi connectivity index (χ0v) is 24.8. The number of halogens is 2. The Balaban J connectivity index is 2.06. The maximum Gasteiger partial charge on any atom is 0.264 e. The van der Waals surface area contributed by atoms with E-state index in [4.69, 9.17) is 23.2 Å². The number of amides is 2. The molecule has 1 unspecified atom stereocenters. The van der Waals surface area contributed by atoms with E-state index < -0.39 is 28.5 Å². The summed E-state index contributed by atoms with van der Waals surface area (Å²) in [6, 6.07) is 17.5. The van der Waals surface area contributed by atoms with Gasteiger partial charge < -0.3 is 10.2 Å². The molecule has 1 N–H and O–H groups in total. The minimum absolute atomic E-state index is 0.0302. The molecule has 0 aliphatic rings. The minimum Gasteiger partial charge on any atom is -0.354 e. The SMILES string of the molecule is CCCNC(=O)C(C)N(Cc1ccc(Cl)c(Cl)c1)C(=O)CN(c1cc(C)ccc1C)S(=O)(=O)c1ccccc1. The summed E-state index contributed by atoms with van der Waals surface area (Å²) in [4.78, 5) is 28.3. The van der Waals surface area contributed by atoms with Gasteiger partial charge in [-0.15, -0.1) is 0 Å². The first kappa shape index (κ1) is 30.5. The molecule has 10 heteroatoms. The third kappa shape index (κ3) is 7.53. The van der Waals surface area contributed by atoms with Crippen LogP contribution in [0.5, 0.6) is 0 Å². The Morgan fingerprint density at radius 3 is 2.28 bits per heavy atom. The Labute approximate surface area is 240 Å². The van der Waals surface area contributed by atoms with E-state index in [2.05, 4.69) is 5.32 Å². The Kier molecular flexibility index (Phi) is 10.4. The first-order valence-electron chi connectivity index (χ1n) is 12.6. The van der Waals surface area contributed by atoms with Gasteiger partial charge in [-0.05, 0) is 74.2 Å². The van der Waals surface area contributed by atoms with Gasteiger partial charge in [0.05, 0.1) is 20.6 Å². The van der Waals surface area contributed by atoms with Gasteiger partial charge in [-0.25, -0.2) is 8.42 Å². The highest BCUT2D eigenvalue weighted by Crippen LogP contribution is 2.29. The molecule has 0 aliphatic carbocycles. The summed E-state index contributed by atoms with van der Waals surface area (Å²) in [6.45, 7) is 7.18. The zero-order chi connectivity index (χ0) is 28.7. The van der Waals surface area contributed by atoms with Crippen LogP contribution in [-0.2, 0) is 26.2 Å². The lowest BCUT2D eigenvalue weighted by Gasteiger charge is -2.32. The lowest BCUT2D eigenvalue weighted by Crippen LogP contribution is -2.51. The van der Waals surface area contributed by atoms with Crippen molar-refractivity contribution in [3.8, 4) is 0 Å². The maximum atomic E-state index is 14.0. The Morgan fingerprint density at radius 1 is 0.949 bits per heavy atom. The van der Waals surface area contributed by atoms with Crippen LogP contribution in [0.1, 0.15) is 37.0 Å². The quantitative estimate of drug-likeness (QED) is 0.308. The van der Waals surface area contributed by atoms with Crippen LogP contribution >= 0.6 is 23.2 Å². The molecule has 7 nitrogen and oxygen atoms in total. The summed E-state index contributed by atoms with van der Waals surface area (Å²) in [5.41, 5.74) is 2.58. The molecule has 2 amide bonds. The van der Waals surface area contributed by atoms with Crippen molar-refractivity contribution in [2.24, 2.45) is 0 Å². The highest BCUT2D eigenvalue weighted by Gasteiger charge is 2.33. The molecule has 0 radical (unpaired) electrons. The average Bonchev–Trinajstić information content (AvgIpc) is 2.92. The number of anilines is 1. The number of benzene rings is 3. The van der Waals surface area contributed by atoms with E-state index in [0.29, 0.717) is 33.4 Å². The van der Waals surface area contributed by atoms with Crippen molar-refractivity contribution in [3.05, 3.63) is 93.5 Å². The van der Waals surface area contributed by atoms with Gasteiger partial charge in [0.1, 0.15) is 12.6 Å². The second kappa shape index (κ2) is 13.3. The molecule has 1 atom stereocenters. The molecule has 39 heavy (non-hydrogen) atoms. The summed E-state index contributed by atoms with van der Waals surface area (Å²) < 4.78 is 28.9. The number of hydrogen-bond donors (Lipinski definition) is 1. The summed E-state index contributed by atoms with van der Waals surface area (Å²) in [7, 11) is -4.12. The normalized spacial score (nSPS) is 12.1. The van der Waals surface area contributed by atoms with Crippen LogP contribution in [0.25, 0.3) is 0 Å². The fourth-order valence-corrected chi connectivity index (χ4v) is 5.85. The molecule has 0 saturated heterocycles. The van der Waals surface area contributed by atoms with Crippen LogP contribution in [0.4, 0.5) is 5.69 Å². The summed E-state index contributed by atoms with van der Waals surface area (Å²) >= 11 is 12.3. The summed E-state index contributed by atoms with van der Waals surface area (Å²) in [5, 5.41) is 3.50. The molecular weight excluding hydrogens is 557 g/mol. The Morgan fingerprint density at radius 2 is 1.64 bits per heavy atom. The smallest absolute Gasteiger partial charge is 0.264 e. The molecule has 3 aromatic carbocycles. The van der Waals surface area contributed by atoms with E-state index in [9.17, 15) is 18.0 Å². The standard InChI is InChI=1S/C29H33Cl2N3O4S/c1-5-15-32-29(36)22(4)33(18-23-13-14-25(30)26(31)17-23)28(35)19-34(27-16-20(2)11-12-21(27)3)39(37,38)24-9-7-6-8-10-24/h6-14,16-17,22H,5,15,18-19H2,1-4H3,(H,32,36). The molecule has 0 saturated carbocycles. The largest absolute Gasteiger partial charge is 0.354 e. The van der Waals surface area contributed by atoms with Crippen LogP contribution in [0, 0.1) is 13.8 Å². The molecule has 0 fully saturated rings. The average molecular weight is 591 g/mol. The van der Waals surface area contributed by atoms with E-state index in [1.54, 1.807) is 56.3 Å². The number of hydrogen-bond acceptors (Lipinski definition) is 4. The van der Waals surface area contributed by atoms with Gasteiger partial charge in [-0.1, -0.05) is 66.5 Å². The number of sulfonamides is 1. The number of carbonyl (C=O) groups excluding carboxylic acids is 2. The molecular formula is C29H33Cl2N3O4S. The van der Waals surface area contributed by atoms with Crippen molar-refractivity contribution in [3.63, 3.8) is 0 Å². The zero-order valence-electron chi connectivity index (χ0n) is 22.4. The van der Waals surface area contributed by atoms with E-state index in [-0.39, 0.29) is 17.3 Å². The molecule has 3 aromatic rings. The second-order valence-electron chi connectivity index (χ2n) is 9.35. The topological polar surface area (TPSA) is 86.8 Å². The van der Waals surface area contributed by atoms with Gasteiger partial charge in [-0.2, -0.15) is 0 Å². The van der Waals surface area contributed by atoms with Crippen LogP contribution in [-0.4, -0.2) is 44.3 Å². The number of nitrogens with one attached hydrogen (secondary N) is 1. The molecule has 0 spiro atoms. The van der Waals surface area contributed by atoms with Crippen molar-refractivity contribution in [2.45, 2.75) is 51.6 Å². The molecule has 0 bridgehead atoms. The van der Waals surface area contributed by atoms with Crippen molar-refractivity contribution in [1.82, 2.24) is 10.2 Å². The maximum absolute atomic E-state index is 14.0. The number of carbonyl (C=O) groups is 2. The summed E-state index contributed by atoms with van der Waals surface area (Å²) in [6.07, 6.45) is 0.731. The van der Waals surface area contributed by atoms with E-state index in [0.717, 1.165) is 16.3 Å². The third-order valence-corrected chi connectivity index (χ3v) is 8.81. The van der Waals surface area contributed by atoms with Gasteiger partial charge in [0.15, 0.2) is 0 Å². The lowest BCUT2D eigenvalue weighted by molar-refractivity contribution is -0.139. The van der Waals surface area contributed by atoms with Crippen LogP contribution in [0.2, 0.25) is 10.0 Å². The fourth-order valence-electron chi connectivity index (χ4n) is 4.03. The first-order chi connectivity index (χ1) is 18.4. The lowest BCUT2D eigenvalue weighted by atomic mass is 10.1. The highest BCUT2D eigenvalue weighted by atomic mass is 35.5. The van der Waals surface area contributed by atoms with Gasteiger partial charge in [0.25, 0.3) is 10.0 Å². The molecule has 0 aliphatic heterocycles. The Bertz CT molecular complexity index is 1430. The molecule has 0 aromatic heterocycles. The van der Waals surface area contributed by atoms with E-state index >= 15 is 0 Å². The highest BCUT2D eigenvalue weighted by molar-refractivity contribution is 7.92. The van der Waals surface area contributed by atoms with Gasteiger partial charge >= 0.3 is 0 Å². The van der Waals surface area contributed by atoms with Crippen molar-refractivity contribution < 1.29 is 18.0 Å². The predicted octanol–water partition coefficient (Wildman–Crippen LogP) is 5.75. The number of aryl methyl sites for hydroxylation is 2. The second-order valence-corrected chi connectivity index (χ2v) is 12.0. The number of nitrogens with zero attached hydrogens (tertiary/aromatic N) is 2. The van der Waals surface area contributed by atoms with Crippen molar-refractivity contribution >= 4 is 50.7 Å². The van der Waals surface area contributed by atoms with Crippen molar-refractivity contribution in [1.29, 1.82) is 0 Å². The summed E-state index contributed by atoms with van der Waals surface area (Å²) in [5.74, 6) is -0.880. The molecule has 3 rings (SSSR count).